The van der Waals surface area contributed by atoms with Crippen LogP contribution in [0.2, 0.25) is 5.02 Å². The highest BCUT2D eigenvalue weighted by atomic mass is 35.5. The number of carbonyl (C=O) groups is 1. The van der Waals surface area contributed by atoms with Gasteiger partial charge < -0.3 is 14.2 Å². The molecule has 0 aliphatic carbocycles. The maximum absolute atomic E-state index is 12.0. The fraction of sp³-hybridized carbons (Fsp3) is 0.188. The van der Waals surface area contributed by atoms with E-state index in [4.69, 9.17) is 25.8 Å². The third-order valence-corrected chi connectivity index (χ3v) is 3.25. The zero-order valence-corrected chi connectivity index (χ0v) is 13.5. The molecule has 0 bridgehead atoms. The van der Waals surface area contributed by atoms with Crippen molar-refractivity contribution in [2.75, 3.05) is 20.3 Å². The van der Waals surface area contributed by atoms with E-state index in [0.717, 1.165) is 6.07 Å². The average molecular weight is 352 g/mol. The molecule has 0 atom stereocenters. The monoisotopic (exact) mass is 351 g/mol. The Morgan fingerprint density at radius 2 is 1.79 bits per heavy atom. The van der Waals surface area contributed by atoms with Gasteiger partial charge in [0.1, 0.15) is 30.3 Å². The van der Waals surface area contributed by atoms with Gasteiger partial charge >= 0.3 is 5.97 Å². The average Bonchev–Trinajstić information content (AvgIpc) is 2.58. The molecule has 0 heterocycles. The first-order valence-corrected chi connectivity index (χ1v) is 7.27. The maximum atomic E-state index is 12.0. The van der Waals surface area contributed by atoms with E-state index in [1.165, 1.54) is 12.1 Å². The normalized spacial score (nSPS) is 10.1. The largest absolute Gasteiger partial charge is 0.497 e. The molecule has 8 heteroatoms. The lowest BCUT2D eigenvalue weighted by Crippen LogP contribution is -2.13. The lowest BCUT2D eigenvalue weighted by Gasteiger charge is -2.08. The number of benzene rings is 2. The number of hydrogen-bond acceptors (Lipinski definition) is 6. The molecule has 0 aromatic heterocycles. The number of carbonyl (C=O) groups excluding carboxylic acids is 1. The molecular formula is C16H14ClNO6. The van der Waals surface area contributed by atoms with Crippen molar-refractivity contribution in [1.82, 2.24) is 0 Å². The molecule has 2 aromatic carbocycles. The summed E-state index contributed by atoms with van der Waals surface area (Å²) in [6, 6.07) is 10.6. The standard InChI is InChI=1S/C16H14ClNO6/c1-22-12-3-5-13(6-4-12)23-8-9-24-16(19)14-10-11(17)2-7-15(14)18(20)21/h2-7,10H,8-9H2,1H3. The molecule has 0 radical (unpaired) electrons. The fourth-order valence-corrected chi connectivity index (χ4v) is 2.05. The highest BCUT2D eigenvalue weighted by Gasteiger charge is 2.21. The van der Waals surface area contributed by atoms with Gasteiger partial charge in [0.2, 0.25) is 0 Å². The van der Waals surface area contributed by atoms with Crippen molar-refractivity contribution in [3.8, 4) is 11.5 Å². The number of hydrogen-bond donors (Lipinski definition) is 0. The molecule has 0 amide bonds. The summed E-state index contributed by atoms with van der Waals surface area (Å²) < 4.78 is 15.4. The van der Waals surface area contributed by atoms with Crippen LogP contribution in [-0.4, -0.2) is 31.2 Å². The molecule has 0 N–H and O–H groups in total. The minimum absolute atomic E-state index is 0.0610. The van der Waals surface area contributed by atoms with E-state index in [1.807, 2.05) is 0 Å². The molecule has 0 saturated heterocycles. The summed E-state index contributed by atoms with van der Waals surface area (Å²) in [6.45, 7) is 0.0426. The second-order valence-corrected chi connectivity index (χ2v) is 5.01. The van der Waals surface area contributed by atoms with Crippen LogP contribution in [0.1, 0.15) is 10.4 Å². The van der Waals surface area contributed by atoms with Gasteiger partial charge in [0, 0.05) is 11.1 Å². The molecule has 0 spiro atoms. The van der Waals surface area contributed by atoms with E-state index >= 15 is 0 Å². The van der Waals surface area contributed by atoms with Gasteiger partial charge in [-0.3, -0.25) is 10.1 Å². The lowest BCUT2D eigenvalue weighted by atomic mass is 10.2. The summed E-state index contributed by atoms with van der Waals surface area (Å²) >= 11 is 5.77. The zero-order chi connectivity index (χ0) is 17.5. The summed E-state index contributed by atoms with van der Waals surface area (Å²) in [4.78, 5) is 22.2. The molecule has 0 aliphatic heterocycles. The van der Waals surface area contributed by atoms with E-state index in [9.17, 15) is 14.9 Å². The predicted octanol–water partition coefficient (Wildman–Crippen LogP) is 3.49. The van der Waals surface area contributed by atoms with Crippen LogP contribution in [0.5, 0.6) is 11.5 Å². The van der Waals surface area contributed by atoms with Gasteiger partial charge in [0.15, 0.2) is 0 Å². The Labute approximate surface area is 142 Å². The molecule has 2 aromatic rings. The highest BCUT2D eigenvalue weighted by Crippen LogP contribution is 2.23. The van der Waals surface area contributed by atoms with Crippen LogP contribution < -0.4 is 9.47 Å². The molecule has 0 unspecified atom stereocenters. The van der Waals surface area contributed by atoms with Crippen LogP contribution in [0.4, 0.5) is 5.69 Å². The van der Waals surface area contributed by atoms with Crippen molar-refractivity contribution in [3.63, 3.8) is 0 Å². The van der Waals surface area contributed by atoms with E-state index in [2.05, 4.69) is 0 Å². The number of rotatable bonds is 7. The first-order chi connectivity index (χ1) is 11.5. The minimum Gasteiger partial charge on any atom is -0.497 e. The van der Waals surface area contributed by atoms with E-state index in [0.29, 0.717) is 11.5 Å². The van der Waals surface area contributed by atoms with Crippen LogP contribution in [0.15, 0.2) is 42.5 Å². The Bertz CT molecular complexity index is 732. The van der Waals surface area contributed by atoms with Gasteiger partial charge in [-0.05, 0) is 36.4 Å². The molecule has 7 nitrogen and oxygen atoms in total. The zero-order valence-electron chi connectivity index (χ0n) is 12.7. The van der Waals surface area contributed by atoms with Gasteiger partial charge in [-0.15, -0.1) is 0 Å². The third-order valence-electron chi connectivity index (χ3n) is 3.02. The maximum Gasteiger partial charge on any atom is 0.345 e. The second-order valence-electron chi connectivity index (χ2n) is 4.58. The van der Waals surface area contributed by atoms with Crippen molar-refractivity contribution in [2.24, 2.45) is 0 Å². The van der Waals surface area contributed by atoms with E-state index in [1.54, 1.807) is 31.4 Å². The fourth-order valence-electron chi connectivity index (χ4n) is 1.87. The Balaban J connectivity index is 1.89. The number of nitro benzene ring substituents is 1. The quantitative estimate of drug-likeness (QED) is 0.328. The van der Waals surface area contributed by atoms with Gasteiger partial charge in [-0.1, -0.05) is 11.6 Å². The van der Waals surface area contributed by atoms with Gasteiger partial charge in [-0.2, -0.15) is 0 Å². The Hall–Kier alpha value is -2.80. The van der Waals surface area contributed by atoms with E-state index in [-0.39, 0.29) is 29.5 Å². The molecule has 0 aliphatic rings. The van der Waals surface area contributed by atoms with Crippen molar-refractivity contribution in [2.45, 2.75) is 0 Å². The molecule has 126 valence electrons. The Morgan fingerprint density at radius 3 is 2.42 bits per heavy atom. The number of methoxy groups -OCH3 is 1. The number of halogens is 1. The Kier molecular flexibility index (Phi) is 5.97. The molecule has 0 fully saturated rings. The van der Waals surface area contributed by atoms with Crippen molar-refractivity contribution in [3.05, 3.63) is 63.2 Å². The molecule has 24 heavy (non-hydrogen) atoms. The van der Waals surface area contributed by atoms with Gasteiger partial charge in [-0.25, -0.2) is 4.79 Å². The van der Waals surface area contributed by atoms with Crippen LogP contribution in [0.3, 0.4) is 0 Å². The summed E-state index contributed by atoms with van der Waals surface area (Å²) in [7, 11) is 1.56. The molecule has 2 rings (SSSR count). The van der Waals surface area contributed by atoms with Crippen molar-refractivity contribution in [1.29, 1.82) is 0 Å². The number of esters is 1. The van der Waals surface area contributed by atoms with Crippen molar-refractivity contribution < 1.29 is 23.9 Å². The number of nitrogens with zero attached hydrogens (tertiary/aromatic N) is 1. The number of nitro groups is 1. The SMILES string of the molecule is COc1ccc(OCCOC(=O)c2cc(Cl)ccc2[N+](=O)[O-])cc1. The van der Waals surface area contributed by atoms with E-state index < -0.39 is 10.9 Å². The van der Waals surface area contributed by atoms with Crippen molar-refractivity contribution >= 4 is 23.3 Å². The van der Waals surface area contributed by atoms with Gasteiger partial charge in [0.05, 0.1) is 12.0 Å². The third kappa shape index (κ3) is 4.60. The number of ether oxygens (including phenoxy) is 3. The smallest absolute Gasteiger partial charge is 0.345 e. The predicted molar refractivity (Wildman–Crippen MR) is 86.9 cm³/mol. The second kappa shape index (κ2) is 8.16. The van der Waals surface area contributed by atoms with Crippen LogP contribution >= 0.6 is 11.6 Å². The minimum atomic E-state index is -0.831. The summed E-state index contributed by atoms with van der Waals surface area (Å²) in [5.41, 5.74) is -0.558. The molecule has 0 saturated carbocycles. The summed E-state index contributed by atoms with van der Waals surface area (Å²) in [6.07, 6.45) is 0. The molecular weight excluding hydrogens is 338 g/mol. The van der Waals surface area contributed by atoms with Crippen LogP contribution in [0.25, 0.3) is 0 Å². The highest BCUT2D eigenvalue weighted by molar-refractivity contribution is 6.31. The lowest BCUT2D eigenvalue weighted by molar-refractivity contribution is -0.385. The topological polar surface area (TPSA) is 87.9 Å². The first-order valence-electron chi connectivity index (χ1n) is 6.89. The van der Waals surface area contributed by atoms with Crippen LogP contribution in [-0.2, 0) is 4.74 Å². The summed E-state index contributed by atoms with van der Waals surface area (Å²) in [5, 5.41) is 11.1. The van der Waals surface area contributed by atoms with Gasteiger partial charge in [0.25, 0.3) is 5.69 Å². The first kappa shape index (κ1) is 17.6. The summed E-state index contributed by atoms with van der Waals surface area (Å²) in [5.74, 6) is 0.449. The Morgan fingerprint density at radius 1 is 1.12 bits per heavy atom. The van der Waals surface area contributed by atoms with Crippen LogP contribution in [0, 0.1) is 10.1 Å².